The molecule has 0 spiro atoms. The van der Waals surface area contributed by atoms with E-state index in [1.54, 1.807) is 6.07 Å². The van der Waals surface area contributed by atoms with Gasteiger partial charge in [0, 0.05) is 0 Å². The summed E-state index contributed by atoms with van der Waals surface area (Å²) in [5.74, 6) is 0.107. The van der Waals surface area contributed by atoms with Crippen LogP contribution in [-0.4, -0.2) is 25.2 Å². The minimum absolute atomic E-state index is 0.248. The Morgan fingerprint density at radius 3 is 1.59 bits per heavy atom. The summed E-state index contributed by atoms with van der Waals surface area (Å²) < 4.78 is 11.4. The average Bonchev–Trinajstić information content (AvgIpc) is 2.78. The summed E-state index contributed by atoms with van der Waals surface area (Å²) in [6.45, 7) is 15.5. The molecule has 0 aliphatic rings. The second-order valence-electron chi connectivity index (χ2n) is 9.44. The largest absolute Gasteiger partial charge is 0.462 e. The number of aryl methyl sites for hydroxylation is 1. The molecule has 0 radical (unpaired) electrons. The van der Waals surface area contributed by atoms with Crippen LogP contribution in [0.3, 0.4) is 0 Å². The predicted octanol–water partition coefficient (Wildman–Crippen LogP) is 7.86. The van der Waals surface area contributed by atoms with E-state index in [-0.39, 0.29) is 5.92 Å². The molecule has 32 heavy (non-hydrogen) atoms. The topological polar surface area (TPSA) is 52.6 Å². The molecule has 1 rings (SSSR count). The number of esters is 2. The van der Waals surface area contributed by atoms with Crippen molar-refractivity contribution in [2.45, 2.75) is 106 Å². The molecule has 0 heterocycles. The summed E-state index contributed by atoms with van der Waals surface area (Å²) in [6, 6.07) is 3.63. The summed E-state index contributed by atoms with van der Waals surface area (Å²) in [6.07, 6.45) is 8.58. The van der Waals surface area contributed by atoms with Crippen molar-refractivity contribution in [1.29, 1.82) is 0 Å². The summed E-state index contributed by atoms with van der Waals surface area (Å²) in [5.41, 5.74) is 2.71. The average molecular weight is 447 g/mol. The summed E-state index contributed by atoms with van der Waals surface area (Å²) in [5, 5.41) is 0. The van der Waals surface area contributed by atoms with Gasteiger partial charge in [0.25, 0.3) is 0 Å². The third kappa shape index (κ3) is 8.96. The predicted molar refractivity (Wildman–Crippen MR) is 132 cm³/mol. The van der Waals surface area contributed by atoms with Crippen molar-refractivity contribution in [3.8, 4) is 0 Å². The maximum absolute atomic E-state index is 13.1. The molecule has 4 nitrogen and oxygen atoms in total. The van der Waals surface area contributed by atoms with Gasteiger partial charge < -0.3 is 9.47 Å². The molecule has 0 saturated heterocycles. The highest BCUT2D eigenvalue weighted by atomic mass is 16.5. The number of unbranched alkanes of at least 4 members (excludes halogenated alkanes) is 2. The molecule has 2 atom stereocenters. The van der Waals surface area contributed by atoms with Crippen molar-refractivity contribution < 1.29 is 19.1 Å². The first-order chi connectivity index (χ1) is 15.3. The van der Waals surface area contributed by atoms with Crippen LogP contribution in [0.4, 0.5) is 0 Å². The van der Waals surface area contributed by atoms with E-state index in [0.29, 0.717) is 36.2 Å². The van der Waals surface area contributed by atoms with Crippen LogP contribution in [0.1, 0.15) is 131 Å². The Balaban J connectivity index is 3.05. The van der Waals surface area contributed by atoms with Crippen LogP contribution in [0.2, 0.25) is 0 Å². The third-order valence-corrected chi connectivity index (χ3v) is 6.45. The van der Waals surface area contributed by atoms with Gasteiger partial charge in [0.1, 0.15) is 0 Å². The minimum atomic E-state index is -0.427. The summed E-state index contributed by atoms with van der Waals surface area (Å²) in [4.78, 5) is 26.1. The van der Waals surface area contributed by atoms with Gasteiger partial charge in [-0.15, -0.1) is 0 Å². The third-order valence-electron chi connectivity index (χ3n) is 6.45. The van der Waals surface area contributed by atoms with Gasteiger partial charge in [0.2, 0.25) is 0 Å². The number of benzene rings is 1. The Morgan fingerprint density at radius 1 is 0.781 bits per heavy atom. The van der Waals surface area contributed by atoms with Gasteiger partial charge in [-0.2, -0.15) is 0 Å². The van der Waals surface area contributed by atoms with E-state index in [2.05, 4.69) is 41.5 Å². The molecule has 1 aromatic rings. The molecule has 182 valence electrons. The van der Waals surface area contributed by atoms with E-state index >= 15 is 0 Å². The van der Waals surface area contributed by atoms with Gasteiger partial charge in [-0.05, 0) is 60.8 Å². The van der Waals surface area contributed by atoms with Crippen molar-refractivity contribution in [2.75, 3.05) is 13.2 Å². The minimum Gasteiger partial charge on any atom is -0.462 e. The molecule has 2 unspecified atom stereocenters. The molecule has 0 bridgehead atoms. The van der Waals surface area contributed by atoms with Crippen molar-refractivity contribution in [3.63, 3.8) is 0 Å². The molecule has 0 aliphatic carbocycles. The van der Waals surface area contributed by atoms with Crippen LogP contribution in [0, 0.1) is 18.8 Å². The van der Waals surface area contributed by atoms with Crippen molar-refractivity contribution in [2.24, 2.45) is 11.8 Å². The number of hydrogen-bond acceptors (Lipinski definition) is 4. The first-order valence-corrected chi connectivity index (χ1v) is 12.8. The second-order valence-corrected chi connectivity index (χ2v) is 9.44. The van der Waals surface area contributed by atoms with E-state index in [4.69, 9.17) is 9.47 Å². The Labute approximate surface area is 196 Å². The highest BCUT2D eigenvalue weighted by molar-refractivity contribution is 6.03. The molecule has 0 amide bonds. The van der Waals surface area contributed by atoms with Crippen LogP contribution < -0.4 is 0 Å². The standard InChI is InChI=1S/C28H46O4/c1-8-12-14-22(10-3)18-31-27(29)25-16-21(7)24(20(5)6)17-26(25)28(30)32-19-23(11-4)15-13-9-2/h16-17,20,22-23H,8-15,18-19H2,1-7H3. The van der Waals surface area contributed by atoms with Crippen molar-refractivity contribution in [1.82, 2.24) is 0 Å². The van der Waals surface area contributed by atoms with Crippen LogP contribution in [0.15, 0.2) is 12.1 Å². The molecule has 0 saturated carbocycles. The number of carbonyl (C=O) groups excluding carboxylic acids is 2. The molecular weight excluding hydrogens is 400 g/mol. The number of ether oxygens (including phenoxy) is 2. The fraction of sp³-hybridized carbons (Fsp3) is 0.714. The lowest BCUT2D eigenvalue weighted by atomic mass is 9.92. The lowest BCUT2D eigenvalue weighted by Crippen LogP contribution is -2.20. The van der Waals surface area contributed by atoms with E-state index in [9.17, 15) is 9.59 Å². The van der Waals surface area contributed by atoms with Gasteiger partial charge in [-0.1, -0.05) is 80.1 Å². The second kappa shape index (κ2) is 15.1. The lowest BCUT2D eigenvalue weighted by Gasteiger charge is -2.19. The highest BCUT2D eigenvalue weighted by Crippen LogP contribution is 2.26. The Morgan fingerprint density at radius 2 is 1.22 bits per heavy atom. The number of carbonyl (C=O) groups is 2. The molecule has 0 N–H and O–H groups in total. The molecule has 0 aliphatic heterocycles. The SMILES string of the molecule is CCCCC(CC)COC(=O)c1cc(C)c(C(C)C)cc1C(=O)OCC(CC)CCCC. The summed E-state index contributed by atoms with van der Waals surface area (Å²) >= 11 is 0. The fourth-order valence-electron chi connectivity index (χ4n) is 4.02. The van der Waals surface area contributed by atoms with Gasteiger partial charge in [0.15, 0.2) is 0 Å². The number of rotatable bonds is 15. The quantitative estimate of drug-likeness (QED) is 0.257. The van der Waals surface area contributed by atoms with Gasteiger partial charge in [-0.3, -0.25) is 0 Å². The molecular formula is C28H46O4. The maximum Gasteiger partial charge on any atom is 0.339 e. The summed E-state index contributed by atoms with van der Waals surface area (Å²) in [7, 11) is 0. The van der Waals surface area contributed by atoms with E-state index in [1.807, 2.05) is 13.0 Å². The first kappa shape index (κ1) is 28.2. The molecule has 0 aromatic heterocycles. The maximum atomic E-state index is 13.1. The Bertz CT molecular complexity index is 708. The Hall–Kier alpha value is -1.84. The van der Waals surface area contributed by atoms with E-state index in [1.165, 1.54) is 0 Å². The monoisotopic (exact) mass is 446 g/mol. The zero-order valence-corrected chi connectivity index (χ0v) is 21.6. The van der Waals surface area contributed by atoms with Crippen LogP contribution in [0.5, 0.6) is 0 Å². The van der Waals surface area contributed by atoms with Crippen molar-refractivity contribution >= 4 is 11.9 Å². The number of hydrogen-bond donors (Lipinski definition) is 0. The van der Waals surface area contributed by atoms with Gasteiger partial charge in [-0.25, -0.2) is 9.59 Å². The lowest BCUT2D eigenvalue weighted by molar-refractivity contribution is 0.0381. The molecule has 1 aromatic carbocycles. The fourth-order valence-corrected chi connectivity index (χ4v) is 4.02. The normalized spacial score (nSPS) is 13.1. The zero-order chi connectivity index (χ0) is 24.1. The van der Waals surface area contributed by atoms with E-state index < -0.39 is 11.9 Å². The van der Waals surface area contributed by atoms with Gasteiger partial charge >= 0.3 is 11.9 Å². The molecule has 4 heteroatoms. The first-order valence-electron chi connectivity index (χ1n) is 12.8. The zero-order valence-electron chi connectivity index (χ0n) is 21.6. The van der Waals surface area contributed by atoms with Crippen LogP contribution in [-0.2, 0) is 9.47 Å². The van der Waals surface area contributed by atoms with Crippen molar-refractivity contribution in [3.05, 3.63) is 34.4 Å². The Kier molecular flexibility index (Phi) is 13.3. The smallest absolute Gasteiger partial charge is 0.339 e. The van der Waals surface area contributed by atoms with Crippen LogP contribution in [0.25, 0.3) is 0 Å². The highest BCUT2D eigenvalue weighted by Gasteiger charge is 2.24. The van der Waals surface area contributed by atoms with Gasteiger partial charge in [0.05, 0.1) is 24.3 Å². The molecule has 0 fully saturated rings. The van der Waals surface area contributed by atoms with Crippen LogP contribution >= 0.6 is 0 Å². The van der Waals surface area contributed by atoms with E-state index in [0.717, 1.165) is 62.5 Å².